The molecule has 1 heterocycles. The Balaban J connectivity index is 2.23. The lowest BCUT2D eigenvalue weighted by Gasteiger charge is -2.09. The van der Waals surface area contributed by atoms with Crippen molar-refractivity contribution in [1.29, 1.82) is 0 Å². The van der Waals surface area contributed by atoms with Crippen LogP contribution in [-0.2, 0) is 19.3 Å². The van der Waals surface area contributed by atoms with Gasteiger partial charge in [0, 0.05) is 17.0 Å². The smallest absolute Gasteiger partial charge is 0.243 e. The van der Waals surface area contributed by atoms with E-state index in [4.69, 9.17) is 0 Å². The van der Waals surface area contributed by atoms with Crippen LogP contribution >= 0.6 is 0 Å². The van der Waals surface area contributed by atoms with Crippen molar-refractivity contribution in [2.24, 2.45) is 5.10 Å². The Labute approximate surface area is 145 Å². The van der Waals surface area contributed by atoms with Crippen molar-refractivity contribution in [1.82, 2.24) is 9.97 Å². The summed E-state index contributed by atoms with van der Waals surface area (Å²) in [6.45, 7) is 8.51. The Bertz CT molecular complexity index is 668. The third-order valence-electron chi connectivity index (χ3n) is 3.96. The van der Waals surface area contributed by atoms with Crippen LogP contribution in [0.25, 0.3) is 0 Å². The highest BCUT2D eigenvalue weighted by Gasteiger charge is 2.06. The first kappa shape index (κ1) is 18.1. The Hall–Kier alpha value is -2.23. The molecule has 0 unspecified atom stereocenters. The van der Waals surface area contributed by atoms with Gasteiger partial charge in [0.1, 0.15) is 0 Å². The van der Waals surface area contributed by atoms with Crippen LogP contribution in [-0.4, -0.2) is 15.7 Å². The van der Waals surface area contributed by atoms with Crippen molar-refractivity contribution in [3.05, 3.63) is 52.8 Å². The standard InChI is InChI=1S/C20H28N4/c1-5-10-17-14-18(11-6-2)22-20(21-17)24-23-15(4)19-13-9-8-12-16(19)7-3/h8-9,12-14H,5-7,10-11H2,1-4H3,(H,21,22,24). The number of aromatic nitrogens is 2. The van der Waals surface area contributed by atoms with Gasteiger partial charge in [-0.1, -0.05) is 57.9 Å². The van der Waals surface area contributed by atoms with Gasteiger partial charge in [-0.3, -0.25) is 0 Å². The molecule has 4 heteroatoms. The zero-order chi connectivity index (χ0) is 17.4. The third-order valence-corrected chi connectivity index (χ3v) is 3.96. The number of hydrogen-bond acceptors (Lipinski definition) is 4. The van der Waals surface area contributed by atoms with E-state index in [0.29, 0.717) is 5.95 Å². The number of hydrogen-bond donors (Lipinski definition) is 1. The van der Waals surface area contributed by atoms with Crippen molar-refractivity contribution in [3.63, 3.8) is 0 Å². The zero-order valence-corrected chi connectivity index (χ0v) is 15.3. The van der Waals surface area contributed by atoms with Crippen molar-refractivity contribution in [2.45, 2.75) is 59.8 Å². The monoisotopic (exact) mass is 324 g/mol. The topological polar surface area (TPSA) is 50.2 Å². The summed E-state index contributed by atoms with van der Waals surface area (Å²) in [4.78, 5) is 9.17. The minimum atomic E-state index is 0.595. The molecule has 2 aromatic rings. The van der Waals surface area contributed by atoms with Crippen LogP contribution in [0.3, 0.4) is 0 Å². The predicted molar refractivity (Wildman–Crippen MR) is 102 cm³/mol. The summed E-state index contributed by atoms with van der Waals surface area (Å²) in [5.74, 6) is 0.595. The van der Waals surface area contributed by atoms with Gasteiger partial charge >= 0.3 is 0 Å². The summed E-state index contributed by atoms with van der Waals surface area (Å²) in [6.07, 6.45) is 5.08. The molecule has 0 fully saturated rings. The van der Waals surface area contributed by atoms with Crippen molar-refractivity contribution >= 4 is 11.7 Å². The fourth-order valence-corrected chi connectivity index (χ4v) is 2.75. The van der Waals surface area contributed by atoms with Gasteiger partial charge in [0.25, 0.3) is 0 Å². The van der Waals surface area contributed by atoms with Crippen LogP contribution in [0.1, 0.15) is 63.1 Å². The second-order valence-corrected chi connectivity index (χ2v) is 5.99. The lowest BCUT2D eigenvalue weighted by atomic mass is 10.0. The quantitative estimate of drug-likeness (QED) is 0.561. The van der Waals surface area contributed by atoms with Gasteiger partial charge in [0.2, 0.25) is 5.95 Å². The minimum Gasteiger partial charge on any atom is -0.245 e. The highest BCUT2D eigenvalue weighted by atomic mass is 15.4. The van der Waals surface area contributed by atoms with Crippen LogP contribution in [0.5, 0.6) is 0 Å². The molecule has 4 nitrogen and oxygen atoms in total. The van der Waals surface area contributed by atoms with Gasteiger partial charge in [-0.2, -0.15) is 5.10 Å². The molecule has 0 atom stereocenters. The first-order valence-corrected chi connectivity index (χ1v) is 8.93. The van der Waals surface area contributed by atoms with Crippen molar-refractivity contribution < 1.29 is 0 Å². The lowest BCUT2D eigenvalue weighted by Crippen LogP contribution is -2.07. The number of benzene rings is 1. The average molecular weight is 324 g/mol. The first-order valence-electron chi connectivity index (χ1n) is 8.93. The van der Waals surface area contributed by atoms with Crippen LogP contribution in [0.2, 0.25) is 0 Å². The van der Waals surface area contributed by atoms with E-state index in [1.165, 1.54) is 11.1 Å². The summed E-state index contributed by atoms with van der Waals surface area (Å²) in [7, 11) is 0. The fraction of sp³-hybridized carbons (Fsp3) is 0.450. The van der Waals surface area contributed by atoms with Crippen LogP contribution in [0.4, 0.5) is 5.95 Å². The van der Waals surface area contributed by atoms with Gasteiger partial charge in [-0.05, 0) is 37.8 Å². The number of nitrogens with one attached hydrogen (secondary N) is 1. The molecule has 0 aliphatic heterocycles. The Morgan fingerprint density at radius 3 is 2.21 bits per heavy atom. The largest absolute Gasteiger partial charge is 0.245 e. The van der Waals surface area contributed by atoms with Gasteiger partial charge in [-0.15, -0.1) is 0 Å². The molecule has 0 radical (unpaired) electrons. The molecule has 0 aliphatic rings. The molecule has 1 aromatic carbocycles. The maximum Gasteiger partial charge on any atom is 0.243 e. The normalized spacial score (nSPS) is 11.6. The maximum atomic E-state index is 4.58. The molecule has 2 rings (SSSR count). The number of anilines is 1. The highest BCUT2D eigenvalue weighted by molar-refractivity contribution is 6.00. The van der Waals surface area contributed by atoms with Gasteiger partial charge in [-0.25, -0.2) is 15.4 Å². The van der Waals surface area contributed by atoms with E-state index in [1.807, 2.05) is 13.0 Å². The second-order valence-electron chi connectivity index (χ2n) is 5.99. The van der Waals surface area contributed by atoms with E-state index in [0.717, 1.165) is 49.2 Å². The Morgan fingerprint density at radius 2 is 1.62 bits per heavy atom. The van der Waals surface area contributed by atoms with Crippen molar-refractivity contribution in [2.75, 3.05) is 5.43 Å². The zero-order valence-electron chi connectivity index (χ0n) is 15.3. The van der Waals surface area contributed by atoms with E-state index in [2.05, 4.69) is 65.5 Å². The van der Waals surface area contributed by atoms with Gasteiger partial charge in [0.05, 0.1) is 5.71 Å². The molecular weight excluding hydrogens is 296 g/mol. The minimum absolute atomic E-state index is 0.595. The molecule has 0 aliphatic carbocycles. The van der Waals surface area contributed by atoms with Crippen molar-refractivity contribution in [3.8, 4) is 0 Å². The first-order chi connectivity index (χ1) is 11.7. The van der Waals surface area contributed by atoms with Gasteiger partial charge in [0.15, 0.2) is 0 Å². The van der Waals surface area contributed by atoms with Crippen LogP contribution < -0.4 is 5.43 Å². The van der Waals surface area contributed by atoms with E-state index < -0.39 is 0 Å². The number of nitrogens with zero attached hydrogens (tertiary/aromatic N) is 3. The Morgan fingerprint density at radius 1 is 1.00 bits per heavy atom. The molecule has 1 N–H and O–H groups in total. The predicted octanol–water partition coefficient (Wildman–Crippen LogP) is 4.78. The summed E-state index contributed by atoms with van der Waals surface area (Å²) in [5.41, 5.74) is 8.65. The number of hydrazone groups is 1. The molecule has 0 saturated carbocycles. The maximum absolute atomic E-state index is 4.58. The molecule has 0 saturated heterocycles. The molecule has 0 amide bonds. The summed E-state index contributed by atoms with van der Waals surface area (Å²) < 4.78 is 0. The van der Waals surface area contributed by atoms with E-state index in [-0.39, 0.29) is 0 Å². The number of rotatable bonds is 8. The molecule has 0 bridgehead atoms. The average Bonchev–Trinajstić information content (AvgIpc) is 2.60. The molecule has 1 aromatic heterocycles. The van der Waals surface area contributed by atoms with Crippen LogP contribution in [0, 0.1) is 0 Å². The molecule has 128 valence electrons. The molecular formula is C20H28N4. The lowest BCUT2D eigenvalue weighted by molar-refractivity contribution is 0.830. The molecule has 0 spiro atoms. The van der Waals surface area contributed by atoms with E-state index >= 15 is 0 Å². The SMILES string of the molecule is CCCc1cc(CCC)nc(NN=C(C)c2ccccc2CC)n1. The third kappa shape index (κ3) is 4.88. The summed E-state index contributed by atoms with van der Waals surface area (Å²) in [5, 5.41) is 4.52. The fourth-order valence-electron chi connectivity index (χ4n) is 2.75. The second kappa shape index (κ2) is 9.16. The Kier molecular flexibility index (Phi) is 6.91. The van der Waals surface area contributed by atoms with E-state index in [1.54, 1.807) is 0 Å². The van der Waals surface area contributed by atoms with E-state index in [9.17, 15) is 0 Å². The summed E-state index contributed by atoms with van der Waals surface area (Å²) >= 11 is 0. The number of aryl methyl sites for hydroxylation is 3. The van der Waals surface area contributed by atoms with Gasteiger partial charge < -0.3 is 0 Å². The van der Waals surface area contributed by atoms with Crippen LogP contribution in [0.15, 0.2) is 35.4 Å². The highest BCUT2D eigenvalue weighted by Crippen LogP contribution is 2.13. The summed E-state index contributed by atoms with van der Waals surface area (Å²) in [6, 6.07) is 10.5. The molecule has 24 heavy (non-hydrogen) atoms.